The van der Waals surface area contributed by atoms with Gasteiger partial charge < -0.3 is 15.2 Å². The van der Waals surface area contributed by atoms with Gasteiger partial charge in [-0.15, -0.1) is 0 Å². The second-order valence-corrected chi connectivity index (χ2v) is 5.63. The summed E-state index contributed by atoms with van der Waals surface area (Å²) in [6, 6.07) is 0.872. The molecule has 1 aliphatic heterocycles. The third kappa shape index (κ3) is 4.54. The Bertz CT molecular complexity index is 223. The van der Waals surface area contributed by atoms with Gasteiger partial charge in [0.25, 0.3) is 0 Å². The molecule has 102 valence electrons. The zero-order valence-corrected chi connectivity index (χ0v) is 11.7. The van der Waals surface area contributed by atoms with Gasteiger partial charge in [0.1, 0.15) is 0 Å². The largest absolute Gasteiger partial charge is 0.394 e. The lowest BCUT2D eigenvalue weighted by Gasteiger charge is -2.42. The van der Waals surface area contributed by atoms with E-state index in [2.05, 4.69) is 37.9 Å². The lowest BCUT2D eigenvalue weighted by Crippen LogP contribution is -2.59. The lowest BCUT2D eigenvalue weighted by atomic mass is 9.99. The van der Waals surface area contributed by atoms with E-state index in [4.69, 9.17) is 4.74 Å². The van der Waals surface area contributed by atoms with Crippen molar-refractivity contribution in [3.05, 3.63) is 0 Å². The van der Waals surface area contributed by atoms with Crippen LogP contribution >= 0.6 is 0 Å². The highest BCUT2D eigenvalue weighted by Gasteiger charge is 2.31. The molecule has 0 bridgehead atoms. The summed E-state index contributed by atoms with van der Waals surface area (Å²) in [5.41, 5.74) is -0.223. The third-order valence-electron chi connectivity index (χ3n) is 3.36. The van der Waals surface area contributed by atoms with Gasteiger partial charge >= 0.3 is 0 Å². The number of aliphatic hydroxyl groups excluding tert-OH is 1. The van der Waals surface area contributed by atoms with Gasteiger partial charge in [-0.2, -0.15) is 0 Å². The molecule has 1 saturated heterocycles. The molecule has 0 aromatic carbocycles. The number of aliphatic hydroxyl groups is 1. The summed E-state index contributed by atoms with van der Waals surface area (Å²) >= 11 is 0. The Morgan fingerprint density at radius 2 is 2.24 bits per heavy atom. The van der Waals surface area contributed by atoms with E-state index < -0.39 is 0 Å². The van der Waals surface area contributed by atoms with Gasteiger partial charge in [-0.25, -0.2) is 0 Å². The first-order chi connectivity index (χ1) is 8.00. The molecule has 0 aliphatic carbocycles. The SMILES string of the molecule is CCC1COCCN1CC(C)(CO)NC(C)C. The molecule has 2 unspecified atom stereocenters. The summed E-state index contributed by atoms with van der Waals surface area (Å²) in [5, 5.41) is 13.1. The Labute approximate surface area is 105 Å². The second-order valence-electron chi connectivity index (χ2n) is 5.63. The maximum absolute atomic E-state index is 9.60. The van der Waals surface area contributed by atoms with E-state index in [-0.39, 0.29) is 12.1 Å². The number of rotatable bonds is 6. The van der Waals surface area contributed by atoms with E-state index in [0.717, 1.165) is 32.7 Å². The van der Waals surface area contributed by atoms with Crippen molar-refractivity contribution in [1.29, 1.82) is 0 Å². The molecule has 0 spiro atoms. The minimum atomic E-state index is -0.223. The summed E-state index contributed by atoms with van der Waals surface area (Å²) in [6.07, 6.45) is 1.10. The molecule has 0 saturated carbocycles. The van der Waals surface area contributed by atoms with Crippen molar-refractivity contribution in [3.63, 3.8) is 0 Å². The quantitative estimate of drug-likeness (QED) is 0.727. The van der Waals surface area contributed by atoms with Crippen molar-refractivity contribution >= 4 is 0 Å². The highest BCUT2D eigenvalue weighted by Crippen LogP contribution is 2.15. The Kier molecular flexibility index (Phi) is 5.86. The highest BCUT2D eigenvalue weighted by atomic mass is 16.5. The first kappa shape index (κ1) is 14.9. The van der Waals surface area contributed by atoms with Crippen LogP contribution in [-0.4, -0.2) is 60.5 Å². The van der Waals surface area contributed by atoms with Crippen molar-refractivity contribution < 1.29 is 9.84 Å². The second kappa shape index (κ2) is 6.69. The number of hydrogen-bond acceptors (Lipinski definition) is 4. The van der Waals surface area contributed by atoms with Crippen molar-refractivity contribution in [2.45, 2.75) is 51.7 Å². The average molecular weight is 244 g/mol. The zero-order chi connectivity index (χ0) is 12.9. The molecule has 2 atom stereocenters. The molecular weight excluding hydrogens is 216 g/mol. The molecule has 0 radical (unpaired) electrons. The van der Waals surface area contributed by atoms with E-state index in [9.17, 15) is 5.11 Å². The molecule has 4 heteroatoms. The minimum absolute atomic E-state index is 0.166. The maximum Gasteiger partial charge on any atom is 0.0623 e. The van der Waals surface area contributed by atoms with Crippen LogP contribution in [0.1, 0.15) is 34.1 Å². The van der Waals surface area contributed by atoms with Crippen molar-refractivity contribution in [1.82, 2.24) is 10.2 Å². The fraction of sp³-hybridized carbons (Fsp3) is 1.00. The third-order valence-corrected chi connectivity index (χ3v) is 3.36. The summed E-state index contributed by atoms with van der Waals surface area (Å²) in [7, 11) is 0. The van der Waals surface area contributed by atoms with Gasteiger partial charge in [0.15, 0.2) is 0 Å². The minimum Gasteiger partial charge on any atom is -0.394 e. The van der Waals surface area contributed by atoms with Crippen LogP contribution in [0, 0.1) is 0 Å². The topological polar surface area (TPSA) is 44.7 Å². The molecular formula is C13H28N2O2. The maximum atomic E-state index is 9.60. The van der Waals surface area contributed by atoms with Crippen LogP contribution in [-0.2, 0) is 4.74 Å². The monoisotopic (exact) mass is 244 g/mol. The van der Waals surface area contributed by atoms with Gasteiger partial charge in [0.05, 0.1) is 25.4 Å². The standard InChI is InChI=1S/C13H28N2O2/c1-5-12-8-17-7-6-15(12)9-13(4,10-16)14-11(2)3/h11-12,14,16H,5-10H2,1-4H3. The molecule has 1 rings (SSSR count). The van der Waals surface area contributed by atoms with Crippen LogP contribution in [0.5, 0.6) is 0 Å². The zero-order valence-electron chi connectivity index (χ0n) is 11.7. The van der Waals surface area contributed by atoms with Crippen molar-refractivity contribution in [3.8, 4) is 0 Å². The van der Waals surface area contributed by atoms with Gasteiger partial charge in [0.2, 0.25) is 0 Å². The molecule has 17 heavy (non-hydrogen) atoms. The molecule has 1 aliphatic rings. The molecule has 0 aromatic rings. The molecule has 0 aromatic heterocycles. The van der Waals surface area contributed by atoms with Gasteiger partial charge in [-0.1, -0.05) is 20.8 Å². The highest BCUT2D eigenvalue weighted by molar-refractivity contribution is 4.90. The normalized spacial score (nSPS) is 26.1. The van der Waals surface area contributed by atoms with E-state index in [1.807, 2.05) is 0 Å². The Morgan fingerprint density at radius 3 is 2.76 bits per heavy atom. The molecule has 0 amide bonds. The summed E-state index contributed by atoms with van der Waals surface area (Å²) < 4.78 is 5.51. The summed E-state index contributed by atoms with van der Waals surface area (Å²) in [5.74, 6) is 0. The van der Waals surface area contributed by atoms with Gasteiger partial charge in [-0.3, -0.25) is 4.90 Å². The van der Waals surface area contributed by atoms with E-state index in [0.29, 0.717) is 12.1 Å². The van der Waals surface area contributed by atoms with E-state index >= 15 is 0 Å². The molecule has 1 fully saturated rings. The average Bonchev–Trinajstić information content (AvgIpc) is 2.28. The smallest absolute Gasteiger partial charge is 0.0623 e. The van der Waals surface area contributed by atoms with Crippen molar-refractivity contribution in [2.75, 3.05) is 32.9 Å². The number of morpholine rings is 1. The van der Waals surface area contributed by atoms with Crippen LogP contribution in [0.2, 0.25) is 0 Å². The molecule has 2 N–H and O–H groups in total. The predicted molar refractivity (Wildman–Crippen MR) is 70.2 cm³/mol. The first-order valence-corrected chi connectivity index (χ1v) is 6.71. The Morgan fingerprint density at radius 1 is 1.53 bits per heavy atom. The van der Waals surface area contributed by atoms with Crippen LogP contribution in [0.15, 0.2) is 0 Å². The predicted octanol–water partition coefficient (Wildman–Crippen LogP) is 0.846. The van der Waals surface area contributed by atoms with Gasteiger partial charge in [-0.05, 0) is 13.3 Å². The number of nitrogens with zero attached hydrogens (tertiary/aromatic N) is 1. The van der Waals surface area contributed by atoms with Gasteiger partial charge in [0, 0.05) is 25.2 Å². The fourth-order valence-electron chi connectivity index (χ4n) is 2.56. The lowest BCUT2D eigenvalue weighted by molar-refractivity contribution is -0.0262. The Hall–Kier alpha value is -0.160. The van der Waals surface area contributed by atoms with Crippen LogP contribution in [0.3, 0.4) is 0 Å². The van der Waals surface area contributed by atoms with Crippen LogP contribution in [0.4, 0.5) is 0 Å². The number of ether oxygens (including phenoxy) is 1. The Balaban J connectivity index is 2.58. The molecule has 1 heterocycles. The summed E-state index contributed by atoms with van der Waals surface area (Å²) in [4.78, 5) is 2.44. The van der Waals surface area contributed by atoms with E-state index in [1.54, 1.807) is 0 Å². The van der Waals surface area contributed by atoms with Crippen LogP contribution < -0.4 is 5.32 Å². The summed E-state index contributed by atoms with van der Waals surface area (Å²) in [6.45, 7) is 12.2. The number of nitrogens with one attached hydrogen (secondary N) is 1. The fourth-order valence-corrected chi connectivity index (χ4v) is 2.56. The van der Waals surface area contributed by atoms with Crippen LogP contribution in [0.25, 0.3) is 0 Å². The van der Waals surface area contributed by atoms with Crippen molar-refractivity contribution in [2.24, 2.45) is 0 Å². The number of hydrogen-bond donors (Lipinski definition) is 2. The molecule has 4 nitrogen and oxygen atoms in total. The first-order valence-electron chi connectivity index (χ1n) is 6.71. The van der Waals surface area contributed by atoms with E-state index in [1.165, 1.54) is 0 Å².